The predicted molar refractivity (Wildman–Crippen MR) is 91.3 cm³/mol. The van der Waals surface area contributed by atoms with Gasteiger partial charge in [0.2, 0.25) is 0 Å². The molecule has 0 saturated carbocycles. The molecule has 3 rings (SSSR count). The zero-order chi connectivity index (χ0) is 16.2. The van der Waals surface area contributed by atoms with Gasteiger partial charge in [0.1, 0.15) is 5.82 Å². The Morgan fingerprint density at radius 2 is 1.65 bits per heavy atom. The minimum absolute atomic E-state index is 0.201. The molecular formula is C19H17N3O. The van der Waals surface area contributed by atoms with Gasteiger partial charge in [-0.1, -0.05) is 36.4 Å². The molecule has 1 aromatic carbocycles. The van der Waals surface area contributed by atoms with E-state index in [2.05, 4.69) is 15.3 Å². The second kappa shape index (κ2) is 6.40. The largest absolute Gasteiger partial charge is 0.306 e. The topological polar surface area (TPSA) is 54.9 Å². The van der Waals surface area contributed by atoms with Crippen LogP contribution in [0.4, 0.5) is 5.82 Å². The lowest BCUT2D eigenvalue weighted by Gasteiger charge is -2.09. The van der Waals surface area contributed by atoms with E-state index in [1.807, 2.05) is 62.4 Å². The number of nitrogens with zero attached hydrogens (tertiary/aromatic N) is 2. The van der Waals surface area contributed by atoms with Crippen molar-refractivity contribution in [1.29, 1.82) is 0 Å². The molecule has 0 bridgehead atoms. The molecule has 0 spiro atoms. The molecule has 1 N–H and O–H groups in total. The first-order chi connectivity index (χ1) is 11.1. The molecule has 2 heterocycles. The van der Waals surface area contributed by atoms with Crippen LogP contribution in [0.2, 0.25) is 0 Å². The van der Waals surface area contributed by atoms with Crippen molar-refractivity contribution in [3.05, 3.63) is 77.6 Å². The minimum Gasteiger partial charge on any atom is -0.306 e. The number of benzene rings is 1. The number of carbonyl (C=O) groups excluding carboxylic acids is 1. The van der Waals surface area contributed by atoms with E-state index >= 15 is 0 Å². The van der Waals surface area contributed by atoms with Crippen molar-refractivity contribution in [2.24, 2.45) is 0 Å². The summed E-state index contributed by atoms with van der Waals surface area (Å²) in [5, 5.41) is 2.81. The van der Waals surface area contributed by atoms with Gasteiger partial charge in [0.25, 0.3) is 5.91 Å². The SMILES string of the molecule is Cc1cccc(NC(=O)c2ccc(-c3ccccc3)nc2C)n1. The van der Waals surface area contributed by atoms with Crippen LogP contribution in [0.5, 0.6) is 0 Å². The average Bonchev–Trinajstić information content (AvgIpc) is 2.55. The quantitative estimate of drug-likeness (QED) is 0.795. The van der Waals surface area contributed by atoms with Crippen molar-refractivity contribution in [2.75, 3.05) is 5.32 Å². The van der Waals surface area contributed by atoms with Crippen molar-refractivity contribution in [3.63, 3.8) is 0 Å². The zero-order valence-corrected chi connectivity index (χ0v) is 13.1. The molecule has 0 radical (unpaired) electrons. The van der Waals surface area contributed by atoms with E-state index < -0.39 is 0 Å². The number of hydrogen-bond acceptors (Lipinski definition) is 3. The standard InChI is InChI=1S/C19H17N3O/c1-13-7-6-10-18(20-13)22-19(23)16-11-12-17(21-14(16)2)15-8-4-3-5-9-15/h3-12H,1-2H3,(H,20,22,23). The maximum Gasteiger partial charge on any atom is 0.258 e. The molecule has 23 heavy (non-hydrogen) atoms. The number of aryl methyl sites for hydroxylation is 2. The predicted octanol–water partition coefficient (Wildman–Crippen LogP) is 4.01. The lowest BCUT2D eigenvalue weighted by molar-refractivity contribution is 0.102. The van der Waals surface area contributed by atoms with Gasteiger partial charge >= 0.3 is 0 Å². The van der Waals surface area contributed by atoms with Crippen molar-refractivity contribution in [2.45, 2.75) is 13.8 Å². The molecule has 0 aliphatic rings. The van der Waals surface area contributed by atoms with Crippen LogP contribution in [0, 0.1) is 13.8 Å². The van der Waals surface area contributed by atoms with Crippen LogP contribution < -0.4 is 5.32 Å². The summed E-state index contributed by atoms with van der Waals surface area (Å²) >= 11 is 0. The monoisotopic (exact) mass is 303 g/mol. The molecule has 0 aliphatic carbocycles. The number of rotatable bonds is 3. The third-order valence-electron chi connectivity index (χ3n) is 3.53. The van der Waals surface area contributed by atoms with E-state index in [9.17, 15) is 4.79 Å². The summed E-state index contributed by atoms with van der Waals surface area (Å²) in [7, 11) is 0. The normalized spacial score (nSPS) is 10.3. The summed E-state index contributed by atoms with van der Waals surface area (Å²) in [6, 6.07) is 19.1. The van der Waals surface area contributed by atoms with Crippen LogP contribution in [-0.2, 0) is 0 Å². The van der Waals surface area contributed by atoms with Crippen LogP contribution in [-0.4, -0.2) is 15.9 Å². The van der Waals surface area contributed by atoms with Crippen molar-refractivity contribution in [1.82, 2.24) is 9.97 Å². The average molecular weight is 303 g/mol. The molecule has 4 nitrogen and oxygen atoms in total. The third-order valence-corrected chi connectivity index (χ3v) is 3.53. The number of carbonyl (C=O) groups is 1. The fraction of sp³-hybridized carbons (Fsp3) is 0.105. The van der Waals surface area contributed by atoms with Gasteiger partial charge in [0.05, 0.1) is 17.0 Å². The van der Waals surface area contributed by atoms with Gasteiger partial charge in [-0.15, -0.1) is 0 Å². The van der Waals surface area contributed by atoms with Gasteiger partial charge in [-0.3, -0.25) is 9.78 Å². The molecule has 0 aliphatic heterocycles. The number of amides is 1. The molecule has 1 amide bonds. The summed E-state index contributed by atoms with van der Waals surface area (Å²) in [6.45, 7) is 3.72. The molecule has 0 atom stereocenters. The van der Waals surface area contributed by atoms with Gasteiger partial charge in [-0.2, -0.15) is 0 Å². The minimum atomic E-state index is -0.201. The van der Waals surface area contributed by atoms with Crippen LogP contribution >= 0.6 is 0 Å². The Morgan fingerprint density at radius 3 is 2.35 bits per heavy atom. The second-order valence-electron chi connectivity index (χ2n) is 5.31. The van der Waals surface area contributed by atoms with Crippen molar-refractivity contribution in [3.8, 4) is 11.3 Å². The molecule has 2 aromatic heterocycles. The van der Waals surface area contributed by atoms with Gasteiger partial charge in [-0.05, 0) is 38.1 Å². The van der Waals surface area contributed by atoms with Crippen LogP contribution in [0.3, 0.4) is 0 Å². The highest BCUT2D eigenvalue weighted by molar-refractivity contribution is 6.04. The first kappa shape index (κ1) is 14.9. The highest BCUT2D eigenvalue weighted by Gasteiger charge is 2.12. The Kier molecular flexibility index (Phi) is 4.15. The van der Waals surface area contributed by atoms with Gasteiger partial charge in [0.15, 0.2) is 0 Å². The Balaban J connectivity index is 1.84. The van der Waals surface area contributed by atoms with Gasteiger partial charge in [-0.25, -0.2) is 4.98 Å². The molecular weight excluding hydrogens is 286 g/mol. The van der Waals surface area contributed by atoms with Gasteiger partial charge in [0, 0.05) is 11.3 Å². The maximum atomic E-state index is 12.4. The Bertz CT molecular complexity index is 844. The number of hydrogen-bond donors (Lipinski definition) is 1. The van der Waals surface area contributed by atoms with E-state index in [4.69, 9.17) is 0 Å². The third kappa shape index (κ3) is 3.43. The van der Waals surface area contributed by atoms with Crippen LogP contribution in [0.15, 0.2) is 60.7 Å². The first-order valence-electron chi connectivity index (χ1n) is 7.41. The molecule has 0 saturated heterocycles. The smallest absolute Gasteiger partial charge is 0.258 e. The summed E-state index contributed by atoms with van der Waals surface area (Å²) in [6.07, 6.45) is 0. The second-order valence-corrected chi connectivity index (χ2v) is 5.31. The summed E-state index contributed by atoms with van der Waals surface area (Å²) in [5.74, 6) is 0.342. The molecule has 0 fully saturated rings. The van der Waals surface area contributed by atoms with Crippen molar-refractivity contribution < 1.29 is 4.79 Å². The lowest BCUT2D eigenvalue weighted by atomic mass is 10.1. The fourth-order valence-electron chi connectivity index (χ4n) is 2.37. The lowest BCUT2D eigenvalue weighted by Crippen LogP contribution is -2.15. The number of anilines is 1. The van der Waals surface area contributed by atoms with E-state index in [1.165, 1.54) is 0 Å². The maximum absolute atomic E-state index is 12.4. The Labute approximate surface area is 135 Å². The fourth-order valence-corrected chi connectivity index (χ4v) is 2.37. The number of nitrogens with one attached hydrogen (secondary N) is 1. The molecule has 4 heteroatoms. The van der Waals surface area contributed by atoms with E-state index in [-0.39, 0.29) is 5.91 Å². The summed E-state index contributed by atoms with van der Waals surface area (Å²) in [5.41, 5.74) is 3.98. The molecule has 3 aromatic rings. The van der Waals surface area contributed by atoms with E-state index in [0.29, 0.717) is 17.1 Å². The highest BCUT2D eigenvalue weighted by atomic mass is 16.1. The summed E-state index contributed by atoms with van der Waals surface area (Å²) < 4.78 is 0. The Morgan fingerprint density at radius 1 is 0.870 bits per heavy atom. The van der Waals surface area contributed by atoms with E-state index in [1.54, 1.807) is 12.1 Å². The van der Waals surface area contributed by atoms with Crippen LogP contribution in [0.25, 0.3) is 11.3 Å². The Hall–Kier alpha value is -3.01. The summed E-state index contributed by atoms with van der Waals surface area (Å²) in [4.78, 5) is 21.2. The highest BCUT2D eigenvalue weighted by Crippen LogP contribution is 2.19. The molecule has 0 unspecified atom stereocenters. The van der Waals surface area contributed by atoms with E-state index in [0.717, 1.165) is 17.0 Å². The first-order valence-corrected chi connectivity index (χ1v) is 7.41. The zero-order valence-electron chi connectivity index (χ0n) is 13.1. The number of pyridine rings is 2. The van der Waals surface area contributed by atoms with Gasteiger partial charge < -0.3 is 5.32 Å². The molecule has 114 valence electrons. The van der Waals surface area contributed by atoms with Crippen LogP contribution in [0.1, 0.15) is 21.7 Å². The number of aromatic nitrogens is 2. The van der Waals surface area contributed by atoms with Crippen molar-refractivity contribution >= 4 is 11.7 Å².